The summed E-state index contributed by atoms with van der Waals surface area (Å²) in [6, 6.07) is 30.5. The third kappa shape index (κ3) is 2.90. The monoisotopic (exact) mass is 421 g/mol. The van der Waals surface area contributed by atoms with E-state index in [0.717, 1.165) is 17.7 Å². The number of hydrogen-bond acceptors (Lipinski definition) is 3. The Kier molecular flexibility index (Phi) is 4.12. The summed E-state index contributed by atoms with van der Waals surface area (Å²) in [5, 5.41) is 5.31. The molecule has 6 aromatic rings. The first-order valence-electron chi connectivity index (χ1n) is 10.0. The van der Waals surface area contributed by atoms with Crippen LogP contribution in [0, 0.1) is 0 Å². The van der Waals surface area contributed by atoms with Gasteiger partial charge in [-0.1, -0.05) is 66.7 Å². The van der Waals surface area contributed by atoms with Crippen molar-refractivity contribution in [3.63, 3.8) is 0 Å². The smallest absolute Gasteiger partial charge is 0.0362 e. The van der Waals surface area contributed by atoms with Crippen LogP contribution in [0.25, 0.3) is 46.0 Å². The van der Waals surface area contributed by atoms with Crippen molar-refractivity contribution >= 4 is 68.7 Å². The predicted octanol–water partition coefficient (Wildman–Crippen LogP) is 7.96. The average molecular weight is 422 g/mol. The third-order valence-electron chi connectivity index (χ3n) is 5.71. The predicted molar refractivity (Wildman–Crippen MR) is 135 cm³/mol. The van der Waals surface area contributed by atoms with Gasteiger partial charge in [0.1, 0.15) is 0 Å². The molecule has 0 bridgehead atoms. The largest absolute Gasteiger partial charge is 0.398 e. The zero-order valence-electron chi connectivity index (χ0n) is 16.3. The lowest BCUT2D eigenvalue weighted by atomic mass is 10.0. The van der Waals surface area contributed by atoms with E-state index in [1.807, 2.05) is 22.7 Å². The third-order valence-corrected chi connectivity index (χ3v) is 7.98. The normalized spacial score (nSPS) is 12.5. The van der Waals surface area contributed by atoms with Crippen LogP contribution in [-0.2, 0) is 6.42 Å². The highest BCUT2D eigenvalue weighted by atomic mass is 32.1. The Labute approximate surface area is 182 Å². The Bertz CT molecular complexity index is 1580. The minimum absolute atomic E-state index is 0.834. The number of rotatable bonds is 3. The molecule has 0 aliphatic carbocycles. The second-order valence-corrected chi connectivity index (χ2v) is 9.77. The second kappa shape index (κ2) is 6.98. The number of thiophene rings is 2. The van der Waals surface area contributed by atoms with Crippen LogP contribution >= 0.6 is 22.7 Å². The molecule has 0 aliphatic rings. The number of benzene rings is 4. The highest BCUT2D eigenvalue weighted by Gasteiger charge is 2.07. The van der Waals surface area contributed by atoms with Crippen LogP contribution in [0.4, 0.5) is 0 Å². The van der Waals surface area contributed by atoms with Crippen molar-refractivity contribution in [1.29, 1.82) is 0 Å². The summed E-state index contributed by atoms with van der Waals surface area (Å²) in [6.45, 7) is 0. The molecule has 2 aromatic heterocycles. The van der Waals surface area contributed by atoms with Gasteiger partial charge in [-0.15, -0.1) is 22.7 Å². The van der Waals surface area contributed by atoms with E-state index in [9.17, 15) is 0 Å². The van der Waals surface area contributed by atoms with Crippen molar-refractivity contribution in [3.8, 4) is 0 Å². The highest BCUT2D eigenvalue weighted by Crippen LogP contribution is 2.36. The Morgan fingerprint density at radius 3 is 1.90 bits per heavy atom. The van der Waals surface area contributed by atoms with Crippen molar-refractivity contribution in [2.24, 2.45) is 5.73 Å². The van der Waals surface area contributed by atoms with Crippen molar-refractivity contribution in [2.45, 2.75) is 6.42 Å². The van der Waals surface area contributed by atoms with Gasteiger partial charge in [-0.25, -0.2) is 0 Å². The summed E-state index contributed by atoms with van der Waals surface area (Å²) in [6.07, 6.45) is 2.98. The molecule has 30 heavy (non-hydrogen) atoms. The molecule has 2 N–H and O–H groups in total. The topological polar surface area (TPSA) is 26.0 Å². The van der Waals surface area contributed by atoms with Crippen LogP contribution in [0.15, 0.2) is 91.0 Å². The van der Waals surface area contributed by atoms with E-state index in [2.05, 4.69) is 91.0 Å². The lowest BCUT2D eigenvalue weighted by molar-refractivity contribution is 1.27. The molecule has 3 heteroatoms. The van der Waals surface area contributed by atoms with Crippen molar-refractivity contribution in [2.75, 3.05) is 0 Å². The van der Waals surface area contributed by atoms with Gasteiger partial charge >= 0.3 is 0 Å². The molecule has 0 unspecified atom stereocenters. The molecule has 6 rings (SSSR count). The van der Waals surface area contributed by atoms with Gasteiger partial charge in [0.25, 0.3) is 0 Å². The molecule has 2 heterocycles. The highest BCUT2D eigenvalue weighted by molar-refractivity contribution is 7.26. The summed E-state index contributed by atoms with van der Waals surface area (Å²) < 4.78 is 5.30. The Morgan fingerprint density at radius 1 is 0.633 bits per heavy atom. The molecule has 0 amide bonds. The maximum Gasteiger partial charge on any atom is 0.0362 e. The van der Waals surface area contributed by atoms with Gasteiger partial charge in [0.2, 0.25) is 0 Å². The fraction of sp³-hybridized carbons (Fsp3) is 0.0370. The van der Waals surface area contributed by atoms with Crippen LogP contribution in [-0.4, -0.2) is 0 Å². The molecule has 0 fully saturated rings. The van der Waals surface area contributed by atoms with Crippen molar-refractivity contribution in [1.82, 2.24) is 0 Å². The number of fused-ring (bicyclic) bond motifs is 6. The van der Waals surface area contributed by atoms with E-state index in [-0.39, 0.29) is 0 Å². The van der Waals surface area contributed by atoms with E-state index in [1.54, 1.807) is 0 Å². The van der Waals surface area contributed by atoms with Crippen LogP contribution in [0.2, 0.25) is 0 Å². The summed E-state index contributed by atoms with van der Waals surface area (Å²) in [5.41, 5.74) is 9.70. The van der Waals surface area contributed by atoms with E-state index < -0.39 is 0 Å². The van der Waals surface area contributed by atoms with E-state index >= 15 is 0 Å². The van der Waals surface area contributed by atoms with E-state index in [4.69, 9.17) is 5.73 Å². The van der Waals surface area contributed by atoms with Gasteiger partial charge < -0.3 is 5.73 Å². The molecule has 0 saturated heterocycles. The summed E-state index contributed by atoms with van der Waals surface area (Å²) >= 11 is 3.69. The first-order chi connectivity index (χ1) is 14.8. The molecule has 4 aromatic carbocycles. The SMILES string of the molecule is N/C(=C\Cc1ccc2c(c1)sc1ccccc12)c1ccc2c(c1)sc1ccccc12. The number of hydrogen-bond donors (Lipinski definition) is 1. The van der Waals surface area contributed by atoms with Crippen molar-refractivity contribution < 1.29 is 0 Å². The zero-order valence-corrected chi connectivity index (χ0v) is 17.9. The molecule has 0 radical (unpaired) electrons. The average Bonchev–Trinajstić information content (AvgIpc) is 3.34. The molecule has 0 saturated carbocycles. The summed E-state index contributed by atoms with van der Waals surface area (Å²) in [7, 11) is 0. The maximum absolute atomic E-state index is 6.47. The minimum Gasteiger partial charge on any atom is -0.398 e. The Balaban J connectivity index is 1.32. The van der Waals surface area contributed by atoms with Gasteiger partial charge in [-0.3, -0.25) is 0 Å². The zero-order chi connectivity index (χ0) is 20.1. The fourth-order valence-corrected chi connectivity index (χ4v) is 6.46. The Morgan fingerprint density at radius 2 is 1.20 bits per heavy atom. The lowest BCUT2D eigenvalue weighted by Gasteiger charge is -2.04. The van der Waals surface area contributed by atoms with Crippen LogP contribution in [0.5, 0.6) is 0 Å². The van der Waals surface area contributed by atoms with Crippen LogP contribution in [0.3, 0.4) is 0 Å². The van der Waals surface area contributed by atoms with Crippen LogP contribution < -0.4 is 5.73 Å². The first kappa shape index (κ1) is 17.7. The molecule has 144 valence electrons. The molecule has 1 nitrogen and oxygen atoms in total. The Hall–Kier alpha value is -3.14. The van der Waals surface area contributed by atoms with Gasteiger partial charge in [-0.05, 0) is 41.8 Å². The maximum atomic E-state index is 6.47. The molecular weight excluding hydrogens is 402 g/mol. The molecule has 0 aliphatic heterocycles. The van der Waals surface area contributed by atoms with Crippen molar-refractivity contribution in [3.05, 3.63) is 102 Å². The van der Waals surface area contributed by atoms with Crippen LogP contribution in [0.1, 0.15) is 11.1 Å². The quantitative estimate of drug-likeness (QED) is 0.308. The summed E-state index contributed by atoms with van der Waals surface area (Å²) in [5.74, 6) is 0. The standard InChI is InChI=1S/C27H19NS2/c28-23(18-11-13-22-20-6-2-4-8-25(20)30-27(22)16-18)14-10-17-9-12-21-19-5-1-3-7-24(19)29-26(21)15-17/h1-9,11-16H,10,28H2/b23-14-. The van der Waals surface area contributed by atoms with Gasteiger partial charge in [0.05, 0.1) is 0 Å². The summed E-state index contributed by atoms with van der Waals surface area (Å²) in [4.78, 5) is 0. The number of nitrogens with two attached hydrogens (primary N) is 1. The van der Waals surface area contributed by atoms with E-state index in [1.165, 1.54) is 45.9 Å². The molecule has 0 spiro atoms. The number of allylic oxidation sites excluding steroid dienone is 1. The molecule has 0 atom stereocenters. The second-order valence-electron chi connectivity index (χ2n) is 7.60. The van der Waals surface area contributed by atoms with Gasteiger partial charge in [0, 0.05) is 46.0 Å². The molecular formula is C27H19NS2. The lowest BCUT2D eigenvalue weighted by Crippen LogP contribution is -1.97. The minimum atomic E-state index is 0.834. The van der Waals surface area contributed by atoms with E-state index in [0.29, 0.717) is 0 Å². The van der Waals surface area contributed by atoms with Gasteiger partial charge in [0.15, 0.2) is 0 Å². The first-order valence-corrected chi connectivity index (χ1v) is 11.7. The van der Waals surface area contributed by atoms with Gasteiger partial charge in [-0.2, -0.15) is 0 Å². The fourth-order valence-electron chi connectivity index (χ4n) is 4.15.